The van der Waals surface area contributed by atoms with Crippen LogP contribution in [0.1, 0.15) is 81.1 Å². The molecule has 2 atom stereocenters. The molecular weight excluding hydrogens is 592 g/mol. The van der Waals surface area contributed by atoms with Gasteiger partial charge in [-0.15, -0.1) is 11.1 Å². The van der Waals surface area contributed by atoms with Gasteiger partial charge in [0.05, 0.1) is 26.4 Å². The summed E-state index contributed by atoms with van der Waals surface area (Å²) in [7, 11) is -2.07. The molecule has 4 fully saturated rings. The summed E-state index contributed by atoms with van der Waals surface area (Å²) < 4.78 is 16.6. The van der Waals surface area contributed by atoms with Gasteiger partial charge in [0.15, 0.2) is 0 Å². The number of aliphatic hydroxyl groups excluding tert-OH is 1. The molecule has 1 N–H and O–H groups in total. The fourth-order valence-corrected chi connectivity index (χ4v) is 8.92. The van der Waals surface area contributed by atoms with Crippen molar-refractivity contribution in [3.8, 4) is 0 Å². The molecule has 4 rings (SSSR count). The first-order valence-electron chi connectivity index (χ1n) is 18.1. The number of rotatable bonds is 10. The molecule has 0 aromatic heterocycles. The van der Waals surface area contributed by atoms with Gasteiger partial charge >= 0.3 is 0 Å². The number of aliphatic hydroxyl groups is 1. The van der Waals surface area contributed by atoms with Crippen molar-refractivity contribution in [1.82, 2.24) is 19.6 Å². The first-order chi connectivity index (χ1) is 21.1. The SMILES string of the molecule is CCN1CCCC(CO)C1.CCN1CCCC(CO[Si](Cl)(C(C)C)C(C)C)C1.CCN1CCOCC1.CCN1CCOCC1. The van der Waals surface area contributed by atoms with E-state index in [9.17, 15) is 0 Å². The van der Waals surface area contributed by atoms with Crippen LogP contribution in [0, 0.1) is 11.8 Å². The Balaban J connectivity index is 0.000000315. The molecule has 44 heavy (non-hydrogen) atoms. The summed E-state index contributed by atoms with van der Waals surface area (Å²) in [6.45, 7) is 36.5. The molecule has 10 heteroatoms. The van der Waals surface area contributed by atoms with E-state index in [2.05, 4.69) is 75.0 Å². The quantitative estimate of drug-likeness (QED) is 0.239. The fraction of sp³-hybridized carbons (Fsp3) is 1.00. The Morgan fingerprint density at radius 3 is 1.39 bits per heavy atom. The number of nitrogens with zero attached hydrogens (tertiary/aromatic N) is 4. The molecule has 0 saturated carbocycles. The van der Waals surface area contributed by atoms with Crippen molar-refractivity contribution in [3.05, 3.63) is 0 Å². The van der Waals surface area contributed by atoms with Crippen LogP contribution < -0.4 is 0 Å². The van der Waals surface area contributed by atoms with Gasteiger partial charge in [0.2, 0.25) is 0 Å². The zero-order valence-electron chi connectivity index (χ0n) is 30.2. The average molecular weight is 666 g/mol. The summed E-state index contributed by atoms with van der Waals surface area (Å²) in [5.41, 5.74) is 0.954. The molecule has 0 aromatic carbocycles. The maximum absolute atomic E-state index is 8.88. The molecule has 0 spiro atoms. The second kappa shape index (κ2) is 25.2. The minimum atomic E-state index is -2.07. The second-order valence-electron chi connectivity index (χ2n) is 13.4. The molecule has 0 aromatic rings. The number of ether oxygens (including phenoxy) is 2. The molecular formula is C34H73ClN4O4Si. The number of morpholine rings is 2. The standard InChI is InChI=1S/C14H30ClNOSi.C8H17NO.2C6H13NO/c1-6-16-9-7-8-14(10-16)11-17-18(15,12(2)3)13(4)5;1-2-9-5-3-4-8(6-9)7-10;2*1-2-7-3-5-8-6-4-7/h12-14H,6-11H2,1-5H3;8,10H,2-7H2,1H3;2*2-6H2,1H3. The van der Waals surface area contributed by atoms with Gasteiger partial charge in [-0.1, -0.05) is 55.4 Å². The Hall–Kier alpha value is 0.187. The summed E-state index contributed by atoms with van der Waals surface area (Å²) in [5.74, 6) is 1.23. The number of likely N-dealkylation sites (N-methyl/N-ethyl adjacent to an activating group) is 2. The van der Waals surface area contributed by atoms with E-state index in [-0.39, 0.29) is 0 Å². The van der Waals surface area contributed by atoms with Crippen molar-refractivity contribution in [1.29, 1.82) is 0 Å². The van der Waals surface area contributed by atoms with Crippen molar-refractivity contribution in [2.24, 2.45) is 11.8 Å². The minimum absolute atomic E-state index is 0.372. The van der Waals surface area contributed by atoms with Crippen LogP contribution in [0.2, 0.25) is 11.1 Å². The van der Waals surface area contributed by atoms with Crippen molar-refractivity contribution in [2.75, 3.05) is 118 Å². The predicted molar refractivity (Wildman–Crippen MR) is 190 cm³/mol. The van der Waals surface area contributed by atoms with Crippen LogP contribution in [0.5, 0.6) is 0 Å². The summed E-state index contributed by atoms with van der Waals surface area (Å²) in [6, 6.07) is 0. The average Bonchev–Trinajstić information content (AvgIpc) is 3.08. The van der Waals surface area contributed by atoms with Gasteiger partial charge in [0, 0.05) is 52.5 Å². The first kappa shape index (κ1) is 42.2. The van der Waals surface area contributed by atoms with Crippen molar-refractivity contribution < 1.29 is 19.0 Å². The fourth-order valence-electron chi connectivity index (χ4n) is 6.24. The number of hydrogen-bond acceptors (Lipinski definition) is 8. The highest BCUT2D eigenvalue weighted by atomic mass is 35.6. The van der Waals surface area contributed by atoms with Crippen LogP contribution in [0.3, 0.4) is 0 Å². The Morgan fingerprint density at radius 1 is 0.659 bits per heavy atom. The first-order valence-corrected chi connectivity index (χ1v) is 21.2. The lowest BCUT2D eigenvalue weighted by Crippen LogP contribution is -2.43. The molecule has 4 aliphatic rings. The van der Waals surface area contributed by atoms with Gasteiger partial charge in [0.25, 0.3) is 7.63 Å². The zero-order valence-corrected chi connectivity index (χ0v) is 32.0. The van der Waals surface area contributed by atoms with Crippen molar-refractivity contribution >= 4 is 18.7 Å². The monoisotopic (exact) mass is 665 g/mol. The van der Waals surface area contributed by atoms with E-state index in [0.29, 0.717) is 29.5 Å². The van der Waals surface area contributed by atoms with Crippen LogP contribution >= 0.6 is 11.1 Å². The third kappa shape index (κ3) is 17.4. The highest BCUT2D eigenvalue weighted by molar-refractivity contribution is 7.18. The van der Waals surface area contributed by atoms with E-state index >= 15 is 0 Å². The van der Waals surface area contributed by atoms with E-state index < -0.39 is 7.63 Å². The second-order valence-corrected chi connectivity index (χ2v) is 19.2. The van der Waals surface area contributed by atoms with Crippen LogP contribution in [0.15, 0.2) is 0 Å². The van der Waals surface area contributed by atoms with Gasteiger partial charge in [-0.3, -0.25) is 9.80 Å². The molecule has 0 aliphatic carbocycles. The zero-order chi connectivity index (χ0) is 32.8. The molecule has 0 bridgehead atoms. The number of halogens is 1. The molecule has 2 unspecified atom stereocenters. The van der Waals surface area contributed by atoms with E-state index in [1.807, 2.05) is 0 Å². The smallest absolute Gasteiger partial charge is 0.295 e. The Labute approximate surface area is 278 Å². The van der Waals surface area contributed by atoms with Crippen LogP contribution in [0.4, 0.5) is 0 Å². The molecule has 8 nitrogen and oxygen atoms in total. The number of likely N-dealkylation sites (tertiary alicyclic amines) is 2. The summed E-state index contributed by atoms with van der Waals surface area (Å²) in [4.78, 5) is 9.72. The normalized spacial score (nSPS) is 24.5. The third-order valence-electron chi connectivity index (χ3n) is 9.58. The molecule has 0 amide bonds. The van der Waals surface area contributed by atoms with Crippen molar-refractivity contribution in [3.63, 3.8) is 0 Å². The van der Waals surface area contributed by atoms with Crippen LogP contribution in [-0.4, -0.2) is 151 Å². The lowest BCUT2D eigenvalue weighted by atomic mass is 9.99. The largest absolute Gasteiger partial charge is 0.402 e. The maximum Gasteiger partial charge on any atom is 0.295 e. The van der Waals surface area contributed by atoms with Crippen molar-refractivity contribution in [2.45, 2.75) is 92.2 Å². The molecule has 4 saturated heterocycles. The van der Waals surface area contributed by atoms with Gasteiger partial charge in [-0.2, -0.15) is 0 Å². The molecule has 0 radical (unpaired) electrons. The Morgan fingerprint density at radius 2 is 1.05 bits per heavy atom. The maximum atomic E-state index is 8.88. The summed E-state index contributed by atoms with van der Waals surface area (Å²) in [5, 5.41) is 8.88. The summed E-state index contributed by atoms with van der Waals surface area (Å²) in [6.07, 6.45) is 5.09. The minimum Gasteiger partial charge on any atom is -0.402 e. The Kier molecular flexibility index (Phi) is 24.2. The summed E-state index contributed by atoms with van der Waals surface area (Å²) >= 11 is 6.80. The lowest BCUT2D eigenvalue weighted by Gasteiger charge is -2.36. The molecule has 264 valence electrons. The highest BCUT2D eigenvalue weighted by Crippen LogP contribution is 2.37. The lowest BCUT2D eigenvalue weighted by molar-refractivity contribution is 0.0404. The predicted octanol–water partition coefficient (Wildman–Crippen LogP) is 5.62. The van der Waals surface area contributed by atoms with E-state index in [1.54, 1.807) is 0 Å². The molecule has 4 heterocycles. The van der Waals surface area contributed by atoms with Gasteiger partial charge in [-0.05, 0) is 87.9 Å². The highest BCUT2D eigenvalue weighted by Gasteiger charge is 2.41. The Bertz CT molecular complexity index is 633. The number of piperidine rings is 2. The van der Waals surface area contributed by atoms with Gasteiger partial charge < -0.3 is 28.8 Å². The van der Waals surface area contributed by atoms with E-state index in [4.69, 9.17) is 30.1 Å². The van der Waals surface area contributed by atoms with Crippen LogP contribution in [-0.2, 0) is 13.9 Å². The van der Waals surface area contributed by atoms with Crippen LogP contribution in [0.25, 0.3) is 0 Å². The topological polar surface area (TPSA) is 60.9 Å². The van der Waals surface area contributed by atoms with Gasteiger partial charge in [0.1, 0.15) is 0 Å². The van der Waals surface area contributed by atoms with Gasteiger partial charge in [-0.25, -0.2) is 0 Å². The number of hydrogen-bond donors (Lipinski definition) is 1. The van der Waals surface area contributed by atoms with E-state index in [0.717, 1.165) is 78.8 Å². The molecule has 4 aliphatic heterocycles. The third-order valence-corrected chi connectivity index (χ3v) is 16.3. The van der Waals surface area contributed by atoms with E-state index in [1.165, 1.54) is 58.4 Å².